The van der Waals surface area contributed by atoms with Crippen molar-refractivity contribution in [3.05, 3.63) is 40.5 Å². The molecular weight excluding hydrogens is 508 g/mol. The molecule has 0 aliphatic carbocycles. The molecule has 0 unspecified atom stereocenters. The summed E-state index contributed by atoms with van der Waals surface area (Å²) in [6, 6.07) is 0. The van der Waals surface area contributed by atoms with Gasteiger partial charge >= 0.3 is 30.3 Å². The number of rotatable bonds is 14. The number of alkyl halides is 8. The minimum absolute atomic E-state index is 2.13. The van der Waals surface area contributed by atoms with Crippen LogP contribution >= 0.6 is 0 Å². The second kappa shape index (κ2) is 10.2. The van der Waals surface area contributed by atoms with Gasteiger partial charge in [-0.05, 0) is 0 Å². The quantitative estimate of drug-likeness (QED) is 0.138. The molecule has 0 bridgehead atoms. The fourth-order valence-electron chi connectivity index (χ4n) is 1.47. The van der Waals surface area contributed by atoms with E-state index in [1.165, 1.54) is 0 Å². The van der Waals surface area contributed by atoms with E-state index in [4.69, 9.17) is 0 Å². The second-order valence-corrected chi connectivity index (χ2v) is 5.50. The Labute approximate surface area is 172 Å². The Hall–Kier alpha value is -3.12. The Kier molecular flexibility index (Phi) is 9.25. The minimum atomic E-state index is -5.72. The van der Waals surface area contributed by atoms with Gasteiger partial charge in [-0.15, -0.1) is 35.1 Å². The van der Waals surface area contributed by atoms with Gasteiger partial charge in [-0.1, -0.05) is 0 Å². The van der Waals surface area contributed by atoms with E-state index in [9.17, 15) is 75.6 Å². The molecule has 0 heterocycles. The van der Waals surface area contributed by atoms with Crippen LogP contribution in [-0.4, -0.2) is 76.5 Å². The molecule has 24 heteroatoms. The first-order valence-electron chi connectivity index (χ1n) is 7.25. The highest BCUT2D eigenvalue weighted by molar-refractivity contribution is 4.69. The van der Waals surface area contributed by atoms with Crippen LogP contribution < -0.4 is 0 Å². The van der Waals surface area contributed by atoms with Crippen molar-refractivity contribution in [2.45, 2.75) is 30.3 Å². The SMILES string of the molecule is O=[N+]([O-])C(COC(F)(F)F)(COC(F)(F)OCC(COC(F)(F)F)([N+](=O)[O-])[N+](=O)[O-])[N+](=O)[O-]. The maximum Gasteiger partial charge on any atom is 0.523 e. The number of nitro groups is 4. The van der Waals surface area contributed by atoms with E-state index in [-0.39, 0.29) is 0 Å². The molecule has 0 N–H and O–H groups in total. The lowest BCUT2D eigenvalue weighted by atomic mass is 10.2. The largest absolute Gasteiger partial charge is 0.523 e. The lowest BCUT2D eigenvalue weighted by Crippen LogP contribution is -2.58. The highest BCUT2D eigenvalue weighted by Gasteiger charge is 2.63. The maximum absolute atomic E-state index is 13.6. The molecular formula is C9H8F8N4O12. The normalized spacial score (nSPS) is 13.6. The highest BCUT2D eigenvalue weighted by atomic mass is 19.4. The Bertz CT molecular complexity index is 670. The number of hydrogen-bond acceptors (Lipinski definition) is 12. The van der Waals surface area contributed by atoms with Gasteiger partial charge in [0.05, 0.1) is 0 Å². The van der Waals surface area contributed by atoms with E-state index in [0.29, 0.717) is 0 Å². The monoisotopic (exact) mass is 516 g/mol. The molecule has 33 heavy (non-hydrogen) atoms. The van der Waals surface area contributed by atoms with Crippen molar-refractivity contribution in [1.82, 2.24) is 0 Å². The zero-order chi connectivity index (χ0) is 26.5. The lowest BCUT2D eigenvalue weighted by molar-refractivity contribution is -0.809. The average molecular weight is 516 g/mol. The molecule has 0 spiro atoms. The fraction of sp³-hybridized carbons (Fsp3) is 1.00. The summed E-state index contributed by atoms with van der Waals surface area (Å²) in [5, 5.41) is 43.3. The molecule has 0 aromatic carbocycles. The first-order chi connectivity index (χ1) is 14.6. The van der Waals surface area contributed by atoms with Gasteiger partial charge in [0.15, 0.2) is 26.4 Å². The fourth-order valence-corrected chi connectivity index (χ4v) is 1.47. The van der Waals surface area contributed by atoms with Crippen molar-refractivity contribution in [3.63, 3.8) is 0 Å². The van der Waals surface area contributed by atoms with Crippen molar-refractivity contribution in [2.75, 3.05) is 26.4 Å². The van der Waals surface area contributed by atoms with E-state index < -0.39 is 76.5 Å². The standard InChI is InChI=1S/C9H8F8N4O12/c10-7(11,12)30-1-5(18(22)23,19(24)25)3-32-9(16,17)33-4-6(20(26)27,21(28)29)2-31-8(13,14)15/h1-4H2. The van der Waals surface area contributed by atoms with E-state index >= 15 is 0 Å². The predicted octanol–water partition coefficient (Wildman–Crippen LogP) is 1.14. The summed E-state index contributed by atoms with van der Waals surface area (Å²) in [6.45, 7) is -10.2. The molecule has 0 aliphatic rings. The lowest BCUT2D eigenvalue weighted by Gasteiger charge is -2.23. The van der Waals surface area contributed by atoms with Gasteiger partial charge in [0.25, 0.3) is 0 Å². The van der Waals surface area contributed by atoms with Crippen LogP contribution in [0.3, 0.4) is 0 Å². The van der Waals surface area contributed by atoms with Crippen LogP contribution in [0.4, 0.5) is 35.1 Å². The number of hydrogen-bond donors (Lipinski definition) is 0. The van der Waals surface area contributed by atoms with Crippen LogP contribution in [-0.2, 0) is 18.9 Å². The topological polar surface area (TPSA) is 209 Å². The molecule has 0 saturated carbocycles. The van der Waals surface area contributed by atoms with E-state index in [0.717, 1.165) is 0 Å². The summed E-state index contributed by atoms with van der Waals surface area (Å²) in [4.78, 5) is 34.7. The van der Waals surface area contributed by atoms with Crippen molar-refractivity contribution in [3.8, 4) is 0 Å². The van der Waals surface area contributed by atoms with Gasteiger partial charge in [0.2, 0.25) is 0 Å². The van der Waals surface area contributed by atoms with Crippen LogP contribution in [0.15, 0.2) is 0 Å². The first-order valence-corrected chi connectivity index (χ1v) is 7.25. The molecule has 0 radical (unpaired) electrons. The van der Waals surface area contributed by atoms with Crippen molar-refractivity contribution < 1.29 is 73.8 Å². The Morgan fingerprint density at radius 3 is 0.879 bits per heavy atom. The van der Waals surface area contributed by atoms with Gasteiger partial charge in [0, 0.05) is 0 Å². The summed E-state index contributed by atoms with van der Waals surface area (Å²) in [6.07, 6.45) is -16.9. The van der Waals surface area contributed by atoms with Gasteiger partial charge in [-0.25, -0.2) is 0 Å². The summed E-state index contributed by atoms with van der Waals surface area (Å²) in [5.41, 5.74) is -8.52. The van der Waals surface area contributed by atoms with Crippen LogP contribution in [0, 0.1) is 40.5 Å². The van der Waals surface area contributed by atoms with E-state index in [1.807, 2.05) is 0 Å². The summed E-state index contributed by atoms with van der Waals surface area (Å²) < 4.78 is 112. The van der Waals surface area contributed by atoms with Gasteiger partial charge in [0.1, 0.15) is 19.7 Å². The number of nitrogens with zero attached hydrogens (tertiary/aromatic N) is 4. The molecule has 0 amide bonds. The van der Waals surface area contributed by atoms with Crippen LogP contribution in [0.1, 0.15) is 0 Å². The molecule has 0 aliphatic heterocycles. The second-order valence-electron chi connectivity index (χ2n) is 5.50. The number of halogens is 8. The van der Waals surface area contributed by atoms with Gasteiger partial charge in [-0.2, -0.15) is 0 Å². The molecule has 0 rings (SSSR count). The molecule has 0 aromatic rings. The Balaban J connectivity index is 5.65. The Morgan fingerprint density at radius 2 is 0.697 bits per heavy atom. The third kappa shape index (κ3) is 8.73. The van der Waals surface area contributed by atoms with E-state index in [2.05, 4.69) is 18.9 Å². The first kappa shape index (κ1) is 29.9. The molecule has 16 nitrogen and oxygen atoms in total. The zero-order valence-corrected chi connectivity index (χ0v) is 15.0. The Morgan fingerprint density at radius 1 is 0.485 bits per heavy atom. The molecule has 192 valence electrons. The van der Waals surface area contributed by atoms with E-state index in [1.54, 1.807) is 0 Å². The maximum atomic E-state index is 13.6. The van der Waals surface area contributed by atoms with Crippen LogP contribution in [0.25, 0.3) is 0 Å². The summed E-state index contributed by atoms with van der Waals surface area (Å²) in [7, 11) is 0. The number of ether oxygens (including phenoxy) is 4. The van der Waals surface area contributed by atoms with Crippen LogP contribution in [0.2, 0.25) is 0 Å². The summed E-state index contributed by atoms with van der Waals surface area (Å²) >= 11 is 0. The zero-order valence-electron chi connectivity index (χ0n) is 15.0. The van der Waals surface area contributed by atoms with Crippen molar-refractivity contribution in [1.29, 1.82) is 0 Å². The minimum Gasteiger partial charge on any atom is -0.280 e. The molecule has 0 saturated heterocycles. The smallest absolute Gasteiger partial charge is 0.280 e. The van der Waals surface area contributed by atoms with Gasteiger partial charge in [-0.3, -0.25) is 59.4 Å². The molecule has 0 aromatic heterocycles. The molecule has 0 fully saturated rings. The molecule has 0 atom stereocenters. The van der Waals surface area contributed by atoms with Gasteiger partial charge < -0.3 is 0 Å². The predicted molar refractivity (Wildman–Crippen MR) is 74.3 cm³/mol. The van der Waals surface area contributed by atoms with Crippen molar-refractivity contribution in [2.24, 2.45) is 0 Å². The average Bonchev–Trinajstić information content (AvgIpc) is 2.59. The van der Waals surface area contributed by atoms with Crippen molar-refractivity contribution >= 4 is 0 Å². The van der Waals surface area contributed by atoms with Crippen LogP contribution in [0.5, 0.6) is 0 Å². The third-order valence-electron chi connectivity index (χ3n) is 3.24. The summed E-state index contributed by atoms with van der Waals surface area (Å²) in [5.74, 6) is 0. The highest BCUT2D eigenvalue weighted by Crippen LogP contribution is 2.28. The third-order valence-corrected chi connectivity index (χ3v) is 3.24.